The van der Waals surface area contributed by atoms with Gasteiger partial charge in [0, 0.05) is 0 Å². The van der Waals surface area contributed by atoms with Crippen LogP contribution in [0.2, 0.25) is 0 Å². The lowest BCUT2D eigenvalue weighted by atomic mass is 10.1. The van der Waals surface area contributed by atoms with Gasteiger partial charge in [-0.25, -0.2) is 4.79 Å². The molecule has 2 aromatic carbocycles. The number of barbiturate groups is 1. The van der Waals surface area contributed by atoms with Gasteiger partial charge in [0.05, 0.1) is 13.1 Å². The molecule has 1 aliphatic heterocycles. The first-order valence-corrected chi connectivity index (χ1v) is 7.61. The van der Waals surface area contributed by atoms with Gasteiger partial charge in [-0.15, -0.1) is 0 Å². The number of hydrogen-bond acceptors (Lipinski definition) is 5. The Bertz CT molecular complexity index is 739. The van der Waals surface area contributed by atoms with Crippen molar-refractivity contribution in [3.63, 3.8) is 0 Å². The van der Waals surface area contributed by atoms with Gasteiger partial charge in [0.25, 0.3) is 0 Å². The molecule has 0 aliphatic carbocycles. The van der Waals surface area contributed by atoms with E-state index in [2.05, 4.69) is 0 Å². The molecular weight excluding hydrogens is 324 g/mol. The minimum atomic E-state index is -3.27. The van der Waals surface area contributed by atoms with Crippen molar-refractivity contribution < 1.29 is 24.6 Å². The van der Waals surface area contributed by atoms with Crippen LogP contribution in [0.15, 0.2) is 60.7 Å². The molecule has 2 N–H and O–H groups in total. The largest absolute Gasteiger partial charge is 0.351 e. The second-order valence-electron chi connectivity index (χ2n) is 5.71. The number of imide groups is 2. The van der Waals surface area contributed by atoms with Crippen molar-refractivity contribution in [3.8, 4) is 0 Å². The summed E-state index contributed by atoms with van der Waals surface area (Å²) in [5, 5.41) is 19.9. The van der Waals surface area contributed by atoms with Crippen LogP contribution in [0.4, 0.5) is 4.79 Å². The zero-order valence-corrected chi connectivity index (χ0v) is 13.2. The number of carbonyl (C=O) groups is 3. The van der Waals surface area contributed by atoms with Crippen LogP contribution in [0.3, 0.4) is 0 Å². The highest BCUT2D eigenvalue weighted by molar-refractivity contribution is 6.19. The maximum Gasteiger partial charge on any atom is 0.334 e. The fourth-order valence-electron chi connectivity index (χ4n) is 2.60. The Morgan fingerprint density at radius 2 is 1.04 bits per heavy atom. The molecule has 0 saturated carbocycles. The van der Waals surface area contributed by atoms with Crippen LogP contribution in [0.5, 0.6) is 0 Å². The van der Waals surface area contributed by atoms with E-state index < -0.39 is 23.6 Å². The summed E-state index contributed by atoms with van der Waals surface area (Å²) >= 11 is 0. The first-order valence-electron chi connectivity index (χ1n) is 7.61. The lowest BCUT2D eigenvalue weighted by molar-refractivity contribution is -0.210. The van der Waals surface area contributed by atoms with Crippen molar-refractivity contribution in [1.82, 2.24) is 9.80 Å². The van der Waals surface area contributed by atoms with Crippen LogP contribution >= 0.6 is 0 Å². The fourth-order valence-corrected chi connectivity index (χ4v) is 2.60. The third-order valence-electron chi connectivity index (χ3n) is 3.92. The average molecular weight is 340 g/mol. The van der Waals surface area contributed by atoms with E-state index in [1.165, 1.54) is 0 Å². The van der Waals surface area contributed by atoms with E-state index in [0.717, 1.165) is 0 Å². The quantitative estimate of drug-likeness (QED) is 0.635. The first kappa shape index (κ1) is 16.8. The van der Waals surface area contributed by atoms with Crippen LogP contribution < -0.4 is 0 Å². The zero-order chi connectivity index (χ0) is 18.0. The lowest BCUT2D eigenvalue weighted by Crippen LogP contribution is -2.68. The number of benzene rings is 2. The zero-order valence-electron chi connectivity index (χ0n) is 13.2. The summed E-state index contributed by atoms with van der Waals surface area (Å²) < 4.78 is 0. The third kappa shape index (κ3) is 3.15. The molecule has 7 nitrogen and oxygen atoms in total. The van der Waals surface area contributed by atoms with Gasteiger partial charge < -0.3 is 10.2 Å². The topological polar surface area (TPSA) is 98.1 Å². The molecule has 3 rings (SSSR count). The van der Waals surface area contributed by atoms with Gasteiger partial charge in [0.2, 0.25) is 0 Å². The van der Waals surface area contributed by atoms with Gasteiger partial charge in [-0.3, -0.25) is 19.4 Å². The fraction of sp³-hybridized carbons (Fsp3) is 0.167. The molecule has 0 spiro atoms. The third-order valence-corrected chi connectivity index (χ3v) is 3.92. The van der Waals surface area contributed by atoms with Gasteiger partial charge in [0.1, 0.15) is 0 Å². The number of rotatable bonds is 4. The molecule has 1 fully saturated rings. The monoisotopic (exact) mass is 340 g/mol. The maximum atomic E-state index is 12.6. The number of aliphatic hydroxyl groups is 2. The van der Waals surface area contributed by atoms with Crippen LogP contribution in [0.1, 0.15) is 11.1 Å². The van der Waals surface area contributed by atoms with Crippen molar-refractivity contribution in [2.24, 2.45) is 0 Å². The molecule has 0 aromatic heterocycles. The molecule has 7 heteroatoms. The molecule has 1 saturated heterocycles. The van der Waals surface area contributed by atoms with Crippen LogP contribution in [0, 0.1) is 0 Å². The molecule has 0 bridgehead atoms. The molecule has 0 atom stereocenters. The van der Waals surface area contributed by atoms with Crippen molar-refractivity contribution in [1.29, 1.82) is 0 Å². The van der Waals surface area contributed by atoms with E-state index in [1.807, 2.05) is 0 Å². The molecule has 25 heavy (non-hydrogen) atoms. The Labute approximate surface area is 143 Å². The summed E-state index contributed by atoms with van der Waals surface area (Å²) in [6.07, 6.45) is 0. The predicted octanol–water partition coefficient (Wildman–Crippen LogP) is 0.859. The minimum absolute atomic E-state index is 0.167. The summed E-state index contributed by atoms with van der Waals surface area (Å²) in [7, 11) is 0. The summed E-state index contributed by atoms with van der Waals surface area (Å²) in [6, 6.07) is 16.3. The van der Waals surface area contributed by atoms with Gasteiger partial charge >= 0.3 is 23.6 Å². The normalized spacial score (nSPS) is 17.1. The van der Waals surface area contributed by atoms with E-state index in [-0.39, 0.29) is 13.1 Å². The van der Waals surface area contributed by atoms with Crippen LogP contribution in [-0.4, -0.2) is 43.6 Å². The SMILES string of the molecule is O=C1N(Cc2ccccc2)C(=O)C(O)(O)C(=O)N1Cc1ccccc1. The second-order valence-corrected chi connectivity index (χ2v) is 5.71. The van der Waals surface area contributed by atoms with Crippen LogP contribution in [-0.2, 0) is 22.7 Å². The summed E-state index contributed by atoms with van der Waals surface area (Å²) in [5.41, 5.74) is 1.24. The Morgan fingerprint density at radius 1 is 0.680 bits per heavy atom. The van der Waals surface area contributed by atoms with E-state index in [1.54, 1.807) is 60.7 Å². The second kappa shape index (κ2) is 6.46. The molecular formula is C18H16N2O5. The Morgan fingerprint density at radius 3 is 1.40 bits per heavy atom. The highest BCUT2D eigenvalue weighted by Gasteiger charge is 2.56. The van der Waals surface area contributed by atoms with Crippen molar-refractivity contribution in [3.05, 3.63) is 71.8 Å². The average Bonchev–Trinajstić information content (AvgIpc) is 2.63. The maximum absolute atomic E-state index is 12.6. The van der Waals surface area contributed by atoms with Crippen molar-refractivity contribution in [2.75, 3.05) is 0 Å². The van der Waals surface area contributed by atoms with Gasteiger partial charge in [-0.05, 0) is 11.1 Å². The standard InChI is InChI=1S/C18H16N2O5/c21-15-18(24,25)16(22)20(12-14-9-5-2-6-10-14)17(23)19(15)11-13-7-3-1-4-8-13/h1-10,24-25H,11-12H2. The molecule has 1 aliphatic rings. The molecule has 4 amide bonds. The molecule has 2 aromatic rings. The van der Waals surface area contributed by atoms with Crippen LogP contribution in [0.25, 0.3) is 0 Å². The number of urea groups is 1. The van der Waals surface area contributed by atoms with Gasteiger partial charge in [0.15, 0.2) is 0 Å². The highest BCUT2D eigenvalue weighted by atomic mass is 16.5. The number of hydrogen-bond donors (Lipinski definition) is 2. The highest BCUT2D eigenvalue weighted by Crippen LogP contribution is 2.23. The molecule has 0 radical (unpaired) electrons. The van der Waals surface area contributed by atoms with E-state index in [9.17, 15) is 24.6 Å². The summed E-state index contributed by atoms with van der Waals surface area (Å²) in [6.45, 7) is -0.333. The minimum Gasteiger partial charge on any atom is -0.351 e. The van der Waals surface area contributed by atoms with Gasteiger partial charge in [-0.2, -0.15) is 0 Å². The predicted molar refractivity (Wildman–Crippen MR) is 86.5 cm³/mol. The molecule has 1 heterocycles. The molecule has 0 unspecified atom stereocenters. The van der Waals surface area contributed by atoms with E-state index >= 15 is 0 Å². The Balaban J connectivity index is 1.91. The van der Waals surface area contributed by atoms with Crippen molar-refractivity contribution in [2.45, 2.75) is 18.9 Å². The number of amides is 4. The number of carbonyl (C=O) groups excluding carboxylic acids is 3. The summed E-state index contributed by atoms with van der Waals surface area (Å²) in [5.74, 6) is -5.97. The Hall–Kier alpha value is -3.03. The number of nitrogens with zero attached hydrogens (tertiary/aromatic N) is 2. The first-order chi connectivity index (χ1) is 11.9. The van der Waals surface area contributed by atoms with Gasteiger partial charge in [-0.1, -0.05) is 60.7 Å². The van der Waals surface area contributed by atoms with E-state index in [0.29, 0.717) is 20.9 Å². The smallest absolute Gasteiger partial charge is 0.334 e. The summed E-state index contributed by atoms with van der Waals surface area (Å²) in [4.78, 5) is 38.4. The lowest BCUT2D eigenvalue weighted by Gasteiger charge is -2.38. The van der Waals surface area contributed by atoms with E-state index in [4.69, 9.17) is 0 Å². The van der Waals surface area contributed by atoms with Crippen molar-refractivity contribution >= 4 is 17.8 Å². The molecule has 128 valence electrons. The Kier molecular flexibility index (Phi) is 4.35.